The molecule has 3 aromatic rings. The summed E-state index contributed by atoms with van der Waals surface area (Å²) in [5.74, 6) is 0.371. The highest BCUT2D eigenvalue weighted by molar-refractivity contribution is 5.48. The van der Waals surface area contributed by atoms with Gasteiger partial charge in [0.25, 0.3) is 0 Å². The van der Waals surface area contributed by atoms with Gasteiger partial charge in [0.2, 0.25) is 11.8 Å². The smallest absolute Gasteiger partial charge is 0.322 e. The zero-order chi connectivity index (χ0) is 23.8. The summed E-state index contributed by atoms with van der Waals surface area (Å²) < 4.78 is 39.7. The molecule has 3 atom stereocenters. The first-order chi connectivity index (χ1) is 16.4. The number of ether oxygens (including phenoxy) is 2. The maximum absolute atomic E-state index is 13.6. The molecule has 34 heavy (non-hydrogen) atoms. The van der Waals surface area contributed by atoms with Gasteiger partial charge < -0.3 is 19.7 Å². The second-order valence-corrected chi connectivity index (χ2v) is 9.09. The van der Waals surface area contributed by atoms with Crippen LogP contribution in [0, 0.1) is 23.5 Å². The van der Waals surface area contributed by atoms with E-state index in [0.717, 1.165) is 49.8 Å². The topological polar surface area (TPSA) is 90.2 Å². The van der Waals surface area contributed by atoms with Crippen LogP contribution in [-0.4, -0.2) is 51.2 Å². The minimum Gasteiger partial charge on any atom is -0.480 e. The summed E-state index contributed by atoms with van der Waals surface area (Å²) in [6.07, 6.45) is 3.97. The number of methoxy groups -OCH3 is 1. The molecule has 3 heterocycles. The average molecular weight is 472 g/mol. The van der Waals surface area contributed by atoms with E-state index in [1.54, 1.807) is 18.0 Å². The zero-order valence-corrected chi connectivity index (χ0v) is 19.3. The van der Waals surface area contributed by atoms with Crippen LogP contribution >= 0.6 is 0 Å². The molecule has 0 amide bonds. The van der Waals surface area contributed by atoms with Gasteiger partial charge in [0, 0.05) is 43.4 Å². The Morgan fingerprint density at radius 1 is 1.06 bits per heavy atom. The van der Waals surface area contributed by atoms with Gasteiger partial charge in [-0.1, -0.05) is 0 Å². The number of hydrogen-bond acceptors (Lipinski definition) is 8. The summed E-state index contributed by atoms with van der Waals surface area (Å²) in [7, 11) is 1.58. The van der Waals surface area contributed by atoms with Crippen LogP contribution in [0.25, 0.3) is 0 Å². The predicted octanol–water partition coefficient (Wildman–Crippen LogP) is 4.06. The second-order valence-electron chi connectivity index (χ2n) is 9.09. The Balaban J connectivity index is 1.32. The van der Waals surface area contributed by atoms with Crippen molar-refractivity contribution in [3.8, 4) is 17.6 Å². The fourth-order valence-corrected chi connectivity index (χ4v) is 4.90. The quantitative estimate of drug-likeness (QED) is 0.552. The van der Waals surface area contributed by atoms with E-state index in [-0.39, 0.29) is 23.8 Å². The Morgan fingerprint density at radius 3 is 2.41 bits per heavy atom. The van der Waals surface area contributed by atoms with Gasteiger partial charge >= 0.3 is 6.01 Å². The van der Waals surface area contributed by atoms with Crippen molar-refractivity contribution in [3.05, 3.63) is 42.1 Å². The third kappa shape index (κ3) is 4.46. The van der Waals surface area contributed by atoms with Crippen LogP contribution in [0.5, 0.6) is 17.6 Å². The minimum absolute atomic E-state index is 0.0353. The highest BCUT2D eigenvalue weighted by Gasteiger charge is 2.43. The van der Waals surface area contributed by atoms with E-state index in [0.29, 0.717) is 23.7 Å². The molecule has 0 spiro atoms. The molecule has 9 nitrogen and oxygen atoms in total. The van der Waals surface area contributed by atoms with Crippen molar-refractivity contribution in [2.75, 3.05) is 30.4 Å². The maximum atomic E-state index is 13.6. The van der Waals surface area contributed by atoms with Gasteiger partial charge in [-0.3, -0.25) is 0 Å². The number of benzene rings is 1. The van der Waals surface area contributed by atoms with Crippen LogP contribution < -0.4 is 19.7 Å². The van der Waals surface area contributed by atoms with Gasteiger partial charge in [-0.05, 0) is 38.5 Å². The van der Waals surface area contributed by atoms with Gasteiger partial charge in [0.1, 0.15) is 17.4 Å². The summed E-state index contributed by atoms with van der Waals surface area (Å²) in [6, 6.07) is 5.29. The van der Waals surface area contributed by atoms with Crippen molar-refractivity contribution in [2.45, 2.75) is 38.8 Å². The fourth-order valence-electron chi connectivity index (χ4n) is 4.90. The first-order valence-corrected chi connectivity index (χ1v) is 11.4. The number of rotatable bonds is 7. The number of aromatic nitrogens is 5. The molecule has 0 unspecified atom stereocenters. The third-order valence-electron chi connectivity index (χ3n) is 6.46. The van der Waals surface area contributed by atoms with Crippen LogP contribution in [0.2, 0.25) is 0 Å². The van der Waals surface area contributed by atoms with E-state index in [2.05, 4.69) is 30.5 Å². The van der Waals surface area contributed by atoms with Crippen molar-refractivity contribution < 1.29 is 18.3 Å². The van der Waals surface area contributed by atoms with Gasteiger partial charge in [0.15, 0.2) is 0 Å². The number of halogens is 2. The van der Waals surface area contributed by atoms with Gasteiger partial charge in [0.05, 0.1) is 25.0 Å². The number of fused-ring (bicyclic) bond motifs is 2. The predicted molar refractivity (Wildman–Crippen MR) is 121 cm³/mol. The Hall–Kier alpha value is -3.50. The molecule has 180 valence electrons. The molecule has 1 N–H and O–H groups in total. The molecule has 2 fully saturated rings. The number of nitrogens with one attached hydrogen (secondary N) is 1. The number of nitrogens with zero attached hydrogens (tertiary/aromatic N) is 6. The first kappa shape index (κ1) is 22.3. The molecule has 2 aromatic heterocycles. The number of hydrogen-bond donors (Lipinski definition) is 1. The molecule has 1 aliphatic heterocycles. The fraction of sp³-hybridized carbons (Fsp3) is 0.478. The van der Waals surface area contributed by atoms with E-state index < -0.39 is 11.6 Å². The lowest BCUT2D eigenvalue weighted by Crippen LogP contribution is -2.48. The van der Waals surface area contributed by atoms with Crippen LogP contribution in [0.3, 0.4) is 0 Å². The lowest BCUT2D eigenvalue weighted by Gasteiger charge is -2.39. The SMILES string of the molecule is COc1cc(N2C[C@H]3CC[C@@H](C2)[C@@H]3Nc2nc(Oc3cc(F)cc(F)c3)n(C(C)C)n2)cnn1. The summed E-state index contributed by atoms with van der Waals surface area (Å²) in [6.45, 7) is 5.63. The Morgan fingerprint density at radius 2 is 1.76 bits per heavy atom. The van der Waals surface area contributed by atoms with E-state index in [4.69, 9.17) is 9.47 Å². The van der Waals surface area contributed by atoms with Crippen molar-refractivity contribution in [1.82, 2.24) is 25.0 Å². The normalized spacial score (nSPS) is 21.7. The highest BCUT2D eigenvalue weighted by Crippen LogP contribution is 2.40. The Kier molecular flexibility index (Phi) is 5.93. The molecule has 0 radical (unpaired) electrons. The Bertz CT molecular complexity index is 1140. The molecular formula is C23H27F2N7O2. The standard InChI is InChI=1S/C23H27F2N7O2/c1-13(2)32-23(34-19-7-16(24)6-17(25)8-19)28-22(30-32)27-21-14-4-5-15(21)12-31(11-14)18-9-20(33-3)29-26-10-18/h6-10,13-15,21H,4-5,11-12H2,1-3H3,(H,27,30)/t14-,15+,21-. The third-order valence-corrected chi connectivity index (χ3v) is 6.46. The van der Waals surface area contributed by atoms with E-state index in [9.17, 15) is 8.78 Å². The number of anilines is 2. The number of piperidine rings is 1. The second kappa shape index (κ2) is 9.03. The highest BCUT2D eigenvalue weighted by atomic mass is 19.1. The molecule has 2 aliphatic rings. The zero-order valence-electron chi connectivity index (χ0n) is 19.3. The van der Waals surface area contributed by atoms with Gasteiger partial charge in [-0.15, -0.1) is 10.2 Å². The van der Waals surface area contributed by atoms with Crippen LogP contribution in [0.4, 0.5) is 20.4 Å². The first-order valence-electron chi connectivity index (χ1n) is 11.4. The lowest BCUT2D eigenvalue weighted by molar-refractivity contribution is 0.371. The molecule has 1 saturated carbocycles. The molecule has 1 saturated heterocycles. The molecular weight excluding hydrogens is 444 g/mol. The van der Waals surface area contributed by atoms with Gasteiger partial charge in [-0.25, -0.2) is 13.5 Å². The minimum atomic E-state index is -0.714. The van der Waals surface area contributed by atoms with Crippen LogP contribution in [0.1, 0.15) is 32.7 Å². The monoisotopic (exact) mass is 471 g/mol. The van der Waals surface area contributed by atoms with Gasteiger partial charge in [-0.2, -0.15) is 10.1 Å². The maximum Gasteiger partial charge on any atom is 0.322 e. The van der Waals surface area contributed by atoms with E-state index in [1.807, 2.05) is 19.9 Å². The Labute approximate surface area is 196 Å². The van der Waals surface area contributed by atoms with Crippen LogP contribution in [0.15, 0.2) is 30.5 Å². The lowest BCUT2D eigenvalue weighted by atomic mass is 9.92. The van der Waals surface area contributed by atoms with E-state index >= 15 is 0 Å². The summed E-state index contributed by atoms with van der Waals surface area (Å²) in [5, 5.41) is 16.1. The molecule has 1 aromatic carbocycles. The summed E-state index contributed by atoms with van der Waals surface area (Å²) in [5.41, 5.74) is 1.00. The van der Waals surface area contributed by atoms with E-state index in [1.165, 1.54) is 0 Å². The summed E-state index contributed by atoms with van der Waals surface area (Å²) in [4.78, 5) is 6.83. The van der Waals surface area contributed by atoms with Crippen LogP contribution in [-0.2, 0) is 0 Å². The molecule has 1 aliphatic carbocycles. The molecule has 11 heteroatoms. The molecule has 2 bridgehead atoms. The van der Waals surface area contributed by atoms with Crippen molar-refractivity contribution in [1.29, 1.82) is 0 Å². The van der Waals surface area contributed by atoms with Crippen molar-refractivity contribution in [2.24, 2.45) is 11.8 Å². The summed E-state index contributed by atoms with van der Waals surface area (Å²) >= 11 is 0. The largest absolute Gasteiger partial charge is 0.480 e. The molecule has 5 rings (SSSR count). The average Bonchev–Trinajstić information content (AvgIpc) is 3.29. The van der Waals surface area contributed by atoms with Crippen molar-refractivity contribution in [3.63, 3.8) is 0 Å². The van der Waals surface area contributed by atoms with Crippen molar-refractivity contribution >= 4 is 11.6 Å².